The fraction of sp³-hybridized carbons (Fsp3) is 0.200. The molecule has 3 aromatic carbocycles. The summed E-state index contributed by atoms with van der Waals surface area (Å²) >= 11 is 12.0. The van der Waals surface area contributed by atoms with Crippen LogP contribution in [-0.2, 0) is 10.3 Å². The molecule has 0 radical (unpaired) electrons. The van der Waals surface area contributed by atoms with Crippen molar-refractivity contribution in [1.29, 1.82) is 0 Å². The molecule has 1 heterocycles. The summed E-state index contributed by atoms with van der Waals surface area (Å²) in [4.78, 5) is 2.18. The Kier molecular flexibility index (Phi) is 8.57. The Morgan fingerprint density at radius 3 is 1.72 bits per heavy atom. The lowest BCUT2D eigenvalue weighted by Gasteiger charge is -2.39. The number of rotatable bonds is 4. The maximum atomic E-state index is 10.7. The second-order valence-corrected chi connectivity index (χ2v) is 8.91. The van der Waals surface area contributed by atoms with E-state index in [1.165, 1.54) is 5.56 Å². The highest BCUT2D eigenvalue weighted by Crippen LogP contribution is 2.34. The molecule has 166 valence electrons. The molecule has 4 nitrogen and oxygen atoms in total. The number of aryl methyl sites for hydroxylation is 1. The molecular formula is C25H23Cl2NO3S. The van der Waals surface area contributed by atoms with Crippen molar-refractivity contribution in [2.24, 2.45) is 0 Å². The molecule has 1 aliphatic rings. The molecule has 3 aromatic rings. The van der Waals surface area contributed by atoms with Crippen LogP contribution >= 0.6 is 23.2 Å². The Labute approximate surface area is 200 Å². The largest absolute Gasteiger partial charge is 0.497 e. The molecule has 0 amide bonds. The van der Waals surface area contributed by atoms with Gasteiger partial charge in [0.1, 0.15) is 5.75 Å². The molecule has 0 atom stereocenters. The summed E-state index contributed by atoms with van der Waals surface area (Å²) in [7, 11) is -0.595. The standard InChI is InChI=1S/C17H13Cl2NO2S.C8H10O/c18-15-5-1-13(2-6-15)17(14-3-7-16(19)8-4-14)20-9-12(10-20)11-23(21)22;1-7-3-5-8(9-2)6-4-7/h1-8,17H,9-10H2;3-6H,1-2H3. The van der Waals surface area contributed by atoms with Crippen LogP contribution in [0.2, 0.25) is 10.0 Å². The molecule has 0 spiro atoms. The highest BCUT2D eigenvalue weighted by atomic mass is 35.5. The van der Waals surface area contributed by atoms with E-state index in [4.69, 9.17) is 27.9 Å². The number of nitrogens with zero attached hydrogens (tertiary/aromatic N) is 1. The van der Waals surface area contributed by atoms with Crippen LogP contribution in [0, 0.1) is 6.92 Å². The lowest BCUT2D eigenvalue weighted by atomic mass is 9.93. The normalized spacial score (nSPS) is 13.0. The maximum Gasteiger partial charge on any atom is 0.260 e. The third kappa shape index (κ3) is 6.73. The van der Waals surface area contributed by atoms with Crippen molar-refractivity contribution in [2.45, 2.75) is 13.0 Å². The van der Waals surface area contributed by atoms with Crippen LogP contribution in [0.5, 0.6) is 5.75 Å². The van der Waals surface area contributed by atoms with E-state index in [-0.39, 0.29) is 6.04 Å². The topological polar surface area (TPSA) is 46.6 Å². The lowest BCUT2D eigenvalue weighted by molar-refractivity contribution is 0.205. The summed E-state index contributed by atoms with van der Waals surface area (Å²) in [5.74, 6) is 0.917. The molecule has 0 aliphatic carbocycles. The van der Waals surface area contributed by atoms with Crippen LogP contribution in [0.1, 0.15) is 22.7 Å². The maximum absolute atomic E-state index is 10.7. The molecule has 0 aromatic heterocycles. The number of benzene rings is 3. The van der Waals surface area contributed by atoms with E-state index in [2.05, 4.69) is 16.8 Å². The van der Waals surface area contributed by atoms with E-state index in [0.29, 0.717) is 23.1 Å². The van der Waals surface area contributed by atoms with E-state index < -0.39 is 10.3 Å². The van der Waals surface area contributed by atoms with E-state index in [0.717, 1.165) is 22.4 Å². The van der Waals surface area contributed by atoms with Gasteiger partial charge in [0.15, 0.2) is 0 Å². The van der Waals surface area contributed by atoms with Crippen LogP contribution in [0.15, 0.2) is 78.4 Å². The van der Waals surface area contributed by atoms with Gasteiger partial charge in [0.05, 0.1) is 13.2 Å². The van der Waals surface area contributed by atoms with Gasteiger partial charge in [0.2, 0.25) is 0 Å². The number of hydrogen-bond donors (Lipinski definition) is 0. The minimum absolute atomic E-state index is 0.0233. The number of likely N-dealkylation sites (tertiary alicyclic amines) is 1. The molecule has 7 heteroatoms. The van der Waals surface area contributed by atoms with Gasteiger partial charge in [-0.25, -0.2) is 0 Å². The molecule has 0 bridgehead atoms. The van der Waals surface area contributed by atoms with Crippen molar-refractivity contribution < 1.29 is 13.2 Å². The highest BCUT2D eigenvalue weighted by molar-refractivity contribution is 7.70. The predicted octanol–water partition coefficient (Wildman–Crippen LogP) is 5.61. The monoisotopic (exact) mass is 487 g/mol. The fourth-order valence-corrected chi connectivity index (χ4v) is 4.00. The van der Waals surface area contributed by atoms with Gasteiger partial charge >= 0.3 is 0 Å². The summed E-state index contributed by atoms with van der Waals surface area (Å²) in [6, 6.07) is 23.3. The molecule has 0 N–H and O–H groups in total. The van der Waals surface area contributed by atoms with Crippen molar-refractivity contribution >= 4 is 38.5 Å². The third-order valence-electron chi connectivity index (χ3n) is 5.01. The molecule has 0 unspecified atom stereocenters. The summed E-state index contributed by atoms with van der Waals surface area (Å²) < 4.78 is 26.4. The van der Waals surface area contributed by atoms with Gasteiger partial charge in [-0.2, -0.15) is 8.42 Å². The average molecular weight is 488 g/mol. The van der Waals surface area contributed by atoms with Gasteiger partial charge in [-0.15, -0.1) is 0 Å². The minimum atomic E-state index is -2.27. The van der Waals surface area contributed by atoms with Gasteiger partial charge in [0, 0.05) is 33.7 Å². The molecule has 1 fully saturated rings. The van der Waals surface area contributed by atoms with Gasteiger partial charge in [-0.3, -0.25) is 4.90 Å². The summed E-state index contributed by atoms with van der Waals surface area (Å²) in [6.07, 6.45) is 0. The first-order chi connectivity index (χ1) is 15.4. The quantitative estimate of drug-likeness (QED) is 0.448. The second kappa shape index (κ2) is 11.4. The fourth-order valence-electron chi connectivity index (χ4n) is 3.39. The zero-order chi connectivity index (χ0) is 23.1. The van der Waals surface area contributed by atoms with Crippen molar-refractivity contribution in [3.8, 4) is 5.75 Å². The Bertz CT molecular complexity index is 1150. The summed E-state index contributed by atoms with van der Waals surface area (Å²) in [5, 5.41) is 3.80. The second-order valence-electron chi connectivity index (χ2n) is 7.37. The van der Waals surface area contributed by atoms with Crippen LogP contribution in [0.25, 0.3) is 0 Å². The molecule has 1 saturated heterocycles. The first-order valence-corrected chi connectivity index (χ1v) is 11.7. The SMILES string of the molecule is COc1ccc(C)cc1.O=S(=O)=C=C1CN(C(c2ccc(Cl)cc2)c2ccc(Cl)cc2)C1. The van der Waals surface area contributed by atoms with Gasteiger partial charge < -0.3 is 4.74 Å². The average Bonchev–Trinajstić information content (AvgIpc) is 2.75. The zero-order valence-electron chi connectivity index (χ0n) is 17.8. The number of hydrogen-bond acceptors (Lipinski definition) is 4. The van der Waals surface area contributed by atoms with Crippen LogP contribution in [0.3, 0.4) is 0 Å². The Morgan fingerprint density at radius 2 is 1.31 bits per heavy atom. The Morgan fingerprint density at radius 1 is 0.844 bits per heavy atom. The van der Waals surface area contributed by atoms with Crippen LogP contribution in [0.4, 0.5) is 0 Å². The van der Waals surface area contributed by atoms with Gasteiger partial charge in [-0.1, -0.05) is 65.2 Å². The number of halogens is 2. The van der Waals surface area contributed by atoms with Gasteiger partial charge in [-0.05, 0) is 54.4 Å². The number of ether oxygens (including phenoxy) is 1. The molecule has 4 rings (SSSR count). The smallest absolute Gasteiger partial charge is 0.260 e. The molecule has 1 aliphatic heterocycles. The van der Waals surface area contributed by atoms with E-state index in [9.17, 15) is 8.42 Å². The zero-order valence-corrected chi connectivity index (χ0v) is 20.1. The van der Waals surface area contributed by atoms with Crippen LogP contribution in [-0.4, -0.2) is 38.5 Å². The Hall–Kier alpha value is -2.53. The van der Waals surface area contributed by atoms with Gasteiger partial charge in [0.25, 0.3) is 10.3 Å². The molecular weight excluding hydrogens is 465 g/mol. The summed E-state index contributed by atoms with van der Waals surface area (Å²) in [6.45, 7) is 3.20. The molecule has 0 saturated carbocycles. The van der Waals surface area contributed by atoms with Crippen LogP contribution < -0.4 is 4.74 Å². The van der Waals surface area contributed by atoms with E-state index in [1.807, 2.05) is 72.8 Å². The minimum Gasteiger partial charge on any atom is -0.497 e. The van der Waals surface area contributed by atoms with E-state index in [1.54, 1.807) is 7.11 Å². The van der Waals surface area contributed by atoms with Crippen molar-refractivity contribution in [1.82, 2.24) is 4.90 Å². The first-order valence-electron chi connectivity index (χ1n) is 9.92. The Balaban J connectivity index is 0.000000269. The van der Waals surface area contributed by atoms with Crippen molar-refractivity contribution in [2.75, 3.05) is 20.2 Å². The highest BCUT2D eigenvalue weighted by Gasteiger charge is 2.30. The summed E-state index contributed by atoms with van der Waals surface area (Å²) in [5.41, 5.74) is 4.24. The third-order valence-corrected chi connectivity index (χ3v) is 5.97. The van der Waals surface area contributed by atoms with E-state index >= 15 is 0 Å². The first kappa shape index (κ1) is 24.1. The predicted molar refractivity (Wildman–Crippen MR) is 131 cm³/mol. The molecule has 32 heavy (non-hydrogen) atoms. The number of methoxy groups -OCH3 is 1. The van der Waals surface area contributed by atoms with Crippen molar-refractivity contribution in [3.63, 3.8) is 0 Å². The lowest BCUT2D eigenvalue weighted by Crippen LogP contribution is -2.43. The van der Waals surface area contributed by atoms with Crippen molar-refractivity contribution in [3.05, 3.63) is 105 Å².